The molecule has 5 nitrogen and oxygen atoms in total. The summed E-state index contributed by atoms with van der Waals surface area (Å²) in [6.45, 7) is 3.10. The van der Waals surface area contributed by atoms with Crippen LogP contribution in [0.2, 0.25) is 0 Å². The number of rotatable bonds is 6. The molecule has 8 heteroatoms. The van der Waals surface area contributed by atoms with Gasteiger partial charge >= 0.3 is 0 Å². The summed E-state index contributed by atoms with van der Waals surface area (Å²) in [5, 5.41) is 5.90. The summed E-state index contributed by atoms with van der Waals surface area (Å²) in [5.74, 6) is 2.90. The van der Waals surface area contributed by atoms with E-state index in [-0.39, 0.29) is 36.3 Å². The van der Waals surface area contributed by atoms with Crippen molar-refractivity contribution in [2.75, 3.05) is 25.4 Å². The largest absolute Gasteiger partial charge is 0.357 e. The van der Waals surface area contributed by atoms with E-state index in [9.17, 15) is 8.42 Å². The van der Waals surface area contributed by atoms with Gasteiger partial charge in [0.05, 0.1) is 23.7 Å². The van der Waals surface area contributed by atoms with Gasteiger partial charge in [-0.3, -0.25) is 4.99 Å². The van der Waals surface area contributed by atoms with Gasteiger partial charge in [-0.2, -0.15) is 0 Å². The maximum Gasteiger partial charge on any atom is 0.192 e. The normalized spacial score (nSPS) is 11.2. The van der Waals surface area contributed by atoms with Crippen LogP contribution in [0, 0.1) is 12.3 Å². The van der Waals surface area contributed by atoms with Crippen molar-refractivity contribution < 1.29 is 8.42 Å². The van der Waals surface area contributed by atoms with Crippen molar-refractivity contribution in [1.82, 2.24) is 10.6 Å². The summed E-state index contributed by atoms with van der Waals surface area (Å²) in [6.07, 6.45) is 5.16. The molecule has 22 heavy (non-hydrogen) atoms. The maximum atomic E-state index is 12.1. The van der Waals surface area contributed by atoms with Crippen molar-refractivity contribution in [2.24, 2.45) is 4.99 Å². The van der Waals surface area contributed by atoms with E-state index in [2.05, 4.69) is 37.5 Å². The fourth-order valence-electron chi connectivity index (χ4n) is 1.51. The number of hydrogen-bond acceptors (Lipinski definition) is 3. The maximum absolute atomic E-state index is 12.1. The molecule has 0 aliphatic carbocycles. The molecule has 1 rings (SSSR count). The van der Waals surface area contributed by atoms with Gasteiger partial charge in [-0.25, -0.2) is 8.42 Å². The molecule has 0 saturated heterocycles. The monoisotopic (exact) mass is 499 g/mol. The molecular weight excluding hydrogens is 481 g/mol. The Balaban J connectivity index is 0.00000441. The molecule has 0 fully saturated rings. The molecule has 2 N–H and O–H groups in total. The lowest BCUT2D eigenvalue weighted by Gasteiger charge is -2.09. The molecule has 122 valence electrons. The highest BCUT2D eigenvalue weighted by Gasteiger charge is 2.13. The molecule has 0 aliphatic heterocycles. The molecule has 0 amide bonds. The average molecular weight is 500 g/mol. The molecule has 0 aromatic heterocycles. The van der Waals surface area contributed by atoms with Crippen LogP contribution in [0.3, 0.4) is 0 Å². The molecule has 0 radical (unpaired) electrons. The number of hydrogen-bond donors (Lipinski definition) is 2. The van der Waals surface area contributed by atoms with Crippen molar-refractivity contribution in [1.29, 1.82) is 0 Å². The Morgan fingerprint density at radius 2 is 1.95 bits per heavy atom. The van der Waals surface area contributed by atoms with Crippen LogP contribution >= 0.6 is 39.9 Å². The van der Waals surface area contributed by atoms with Gasteiger partial charge in [-0.15, -0.1) is 30.4 Å². The Morgan fingerprint density at radius 1 is 1.32 bits per heavy atom. The Labute approximate surface area is 157 Å². The highest BCUT2D eigenvalue weighted by molar-refractivity contribution is 14.0. The number of benzene rings is 1. The highest BCUT2D eigenvalue weighted by atomic mass is 127. The minimum absolute atomic E-state index is 0. The molecular formula is C14H19BrIN3O2S. The second-order valence-corrected chi connectivity index (χ2v) is 7.12. The first kappa shape index (κ1) is 21.2. The molecule has 0 bridgehead atoms. The van der Waals surface area contributed by atoms with Crippen LogP contribution in [0.5, 0.6) is 0 Å². The number of guanidine groups is 1. The van der Waals surface area contributed by atoms with Crippen molar-refractivity contribution in [3.05, 3.63) is 28.7 Å². The second-order valence-electron chi connectivity index (χ2n) is 4.09. The predicted octanol–water partition coefficient (Wildman–Crippen LogP) is 2.03. The SMILES string of the molecule is C#CCNC(=NCCS(=O)(=O)c1ccc(Br)cc1)NCC.I. The van der Waals surface area contributed by atoms with E-state index < -0.39 is 9.84 Å². The Hall–Kier alpha value is -0.790. The number of terminal acetylenes is 1. The first-order valence-electron chi connectivity index (χ1n) is 6.43. The summed E-state index contributed by atoms with van der Waals surface area (Å²) < 4.78 is 25.1. The van der Waals surface area contributed by atoms with Gasteiger partial charge in [0.25, 0.3) is 0 Å². The van der Waals surface area contributed by atoms with Gasteiger partial charge < -0.3 is 10.6 Å². The molecule has 0 saturated carbocycles. The molecule has 0 unspecified atom stereocenters. The van der Waals surface area contributed by atoms with Crippen molar-refractivity contribution in [3.63, 3.8) is 0 Å². The Morgan fingerprint density at radius 3 is 2.50 bits per heavy atom. The summed E-state index contributed by atoms with van der Waals surface area (Å²) >= 11 is 3.28. The summed E-state index contributed by atoms with van der Waals surface area (Å²) in [7, 11) is -3.33. The molecule has 0 aliphatic rings. The smallest absolute Gasteiger partial charge is 0.192 e. The minimum atomic E-state index is -3.33. The van der Waals surface area contributed by atoms with E-state index in [4.69, 9.17) is 6.42 Å². The second kappa shape index (κ2) is 10.9. The zero-order valence-corrected chi connectivity index (χ0v) is 16.9. The van der Waals surface area contributed by atoms with Crippen LogP contribution in [0.15, 0.2) is 38.6 Å². The lowest BCUT2D eigenvalue weighted by Crippen LogP contribution is -2.37. The first-order valence-corrected chi connectivity index (χ1v) is 8.88. The predicted molar refractivity (Wildman–Crippen MR) is 104 cm³/mol. The number of nitrogens with zero attached hydrogens (tertiary/aromatic N) is 1. The molecule has 0 spiro atoms. The zero-order valence-electron chi connectivity index (χ0n) is 12.2. The van der Waals surface area contributed by atoms with Gasteiger partial charge in [-0.05, 0) is 31.2 Å². The van der Waals surface area contributed by atoms with E-state index in [0.29, 0.717) is 23.9 Å². The van der Waals surface area contributed by atoms with Crippen LogP contribution in [0.1, 0.15) is 6.92 Å². The lowest BCUT2D eigenvalue weighted by molar-refractivity contribution is 0.596. The highest BCUT2D eigenvalue weighted by Crippen LogP contribution is 2.15. The summed E-state index contributed by atoms with van der Waals surface area (Å²) in [4.78, 5) is 4.48. The van der Waals surface area contributed by atoms with Crippen LogP contribution in [-0.4, -0.2) is 39.8 Å². The summed E-state index contributed by atoms with van der Waals surface area (Å²) in [6, 6.07) is 6.55. The van der Waals surface area contributed by atoms with Crippen LogP contribution < -0.4 is 10.6 Å². The molecule has 1 aromatic rings. The molecule has 1 aromatic carbocycles. The fourth-order valence-corrected chi connectivity index (χ4v) is 2.90. The van der Waals surface area contributed by atoms with Gasteiger partial charge in [0.2, 0.25) is 0 Å². The van der Waals surface area contributed by atoms with E-state index in [1.54, 1.807) is 24.3 Å². The number of aliphatic imine (C=N–C) groups is 1. The average Bonchev–Trinajstić information content (AvgIpc) is 2.45. The fraction of sp³-hybridized carbons (Fsp3) is 0.357. The van der Waals surface area contributed by atoms with E-state index in [1.165, 1.54) is 0 Å². The number of nitrogens with one attached hydrogen (secondary N) is 2. The van der Waals surface area contributed by atoms with E-state index in [1.807, 2.05) is 6.92 Å². The third-order valence-electron chi connectivity index (χ3n) is 2.50. The third kappa shape index (κ3) is 7.47. The van der Waals surface area contributed by atoms with Gasteiger partial charge in [0.1, 0.15) is 0 Å². The standard InChI is InChI=1S/C14H18BrN3O2S.HI/c1-3-9-17-14(16-4-2)18-10-11-21(19,20)13-7-5-12(15)6-8-13;/h1,5-8H,4,9-11H2,2H3,(H2,16,17,18);1H. The topological polar surface area (TPSA) is 70.6 Å². The zero-order chi connectivity index (χ0) is 15.7. The van der Waals surface area contributed by atoms with E-state index in [0.717, 1.165) is 4.47 Å². The lowest BCUT2D eigenvalue weighted by atomic mass is 10.4. The molecule has 0 atom stereocenters. The van der Waals surface area contributed by atoms with Crippen molar-refractivity contribution in [3.8, 4) is 12.3 Å². The Kier molecular flexibility index (Phi) is 10.5. The first-order chi connectivity index (χ1) is 9.99. The van der Waals surface area contributed by atoms with Gasteiger partial charge in [0.15, 0.2) is 15.8 Å². The Bertz CT molecular complexity index is 624. The van der Waals surface area contributed by atoms with E-state index >= 15 is 0 Å². The molecule has 0 heterocycles. The number of halogens is 2. The quantitative estimate of drug-likeness (QED) is 0.272. The minimum Gasteiger partial charge on any atom is -0.357 e. The van der Waals surface area contributed by atoms with Crippen LogP contribution in [-0.2, 0) is 9.84 Å². The van der Waals surface area contributed by atoms with Gasteiger partial charge in [0, 0.05) is 11.0 Å². The number of sulfone groups is 1. The van der Waals surface area contributed by atoms with Crippen LogP contribution in [0.4, 0.5) is 0 Å². The van der Waals surface area contributed by atoms with Crippen molar-refractivity contribution >= 4 is 55.7 Å². The third-order valence-corrected chi connectivity index (χ3v) is 4.74. The summed E-state index contributed by atoms with van der Waals surface area (Å²) in [5.41, 5.74) is 0. The van der Waals surface area contributed by atoms with Crippen molar-refractivity contribution in [2.45, 2.75) is 11.8 Å². The van der Waals surface area contributed by atoms with Gasteiger partial charge in [-0.1, -0.05) is 21.9 Å². The van der Waals surface area contributed by atoms with Crippen LogP contribution in [0.25, 0.3) is 0 Å².